The Bertz CT molecular complexity index is 518. The number of aliphatic carboxylic acids is 1. The summed E-state index contributed by atoms with van der Waals surface area (Å²) >= 11 is 17.4. The third-order valence-electron chi connectivity index (χ3n) is 1.72. The first-order valence-electron chi connectivity index (χ1n) is 3.96. The van der Waals surface area contributed by atoms with Crippen LogP contribution in [-0.4, -0.2) is 11.1 Å². The fourth-order valence-electron chi connectivity index (χ4n) is 0.961. The summed E-state index contributed by atoms with van der Waals surface area (Å²) in [6.45, 7) is 0. The molecule has 6 heteroatoms. The Labute approximate surface area is 106 Å². The number of benzene rings is 1. The lowest BCUT2D eigenvalue weighted by atomic mass is 10.1. The first-order chi connectivity index (χ1) is 7.47. The molecule has 0 aliphatic rings. The molecule has 82 valence electrons. The summed E-state index contributed by atoms with van der Waals surface area (Å²) in [5.41, 5.74) is -0.249. The van der Waals surface area contributed by atoms with Crippen LogP contribution < -0.4 is 0 Å². The van der Waals surface area contributed by atoms with E-state index >= 15 is 0 Å². The molecule has 0 fully saturated rings. The Morgan fingerprint density at radius 2 is 1.88 bits per heavy atom. The zero-order valence-corrected chi connectivity index (χ0v) is 9.94. The predicted molar refractivity (Wildman–Crippen MR) is 62.7 cm³/mol. The van der Waals surface area contributed by atoms with Crippen molar-refractivity contribution in [2.75, 3.05) is 0 Å². The van der Waals surface area contributed by atoms with Gasteiger partial charge < -0.3 is 5.11 Å². The Morgan fingerprint density at radius 3 is 2.38 bits per heavy atom. The zero-order valence-electron chi connectivity index (χ0n) is 7.67. The molecular weight excluding hydrogens is 272 g/mol. The van der Waals surface area contributed by atoms with Gasteiger partial charge in [0, 0.05) is 10.6 Å². The molecule has 0 heterocycles. The maximum atomic E-state index is 10.6. The smallest absolute Gasteiger partial charge is 0.346 e. The van der Waals surface area contributed by atoms with Crippen LogP contribution in [0.2, 0.25) is 15.1 Å². The monoisotopic (exact) mass is 275 g/mol. The van der Waals surface area contributed by atoms with Gasteiger partial charge in [0.1, 0.15) is 11.6 Å². The zero-order chi connectivity index (χ0) is 12.3. The Hall–Kier alpha value is -1.21. The van der Waals surface area contributed by atoms with Crippen LogP contribution >= 0.6 is 34.8 Å². The van der Waals surface area contributed by atoms with E-state index < -0.39 is 11.5 Å². The molecule has 0 bridgehead atoms. The summed E-state index contributed by atoms with van der Waals surface area (Å²) in [5.74, 6) is -1.35. The molecule has 1 aromatic rings. The van der Waals surface area contributed by atoms with Crippen LogP contribution in [0.1, 0.15) is 5.56 Å². The van der Waals surface area contributed by atoms with E-state index in [9.17, 15) is 4.79 Å². The van der Waals surface area contributed by atoms with E-state index in [-0.39, 0.29) is 20.6 Å². The van der Waals surface area contributed by atoms with E-state index in [4.69, 9.17) is 45.2 Å². The third kappa shape index (κ3) is 2.67. The molecule has 0 aliphatic carbocycles. The molecule has 0 aliphatic heterocycles. The van der Waals surface area contributed by atoms with E-state index in [1.165, 1.54) is 18.2 Å². The molecule has 1 N–H and O–H groups in total. The molecule has 3 nitrogen and oxygen atoms in total. The van der Waals surface area contributed by atoms with E-state index in [1.807, 2.05) is 0 Å². The number of carboxylic acid groups (broad SMARTS) is 1. The first-order valence-corrected chi connectivity index (χ1v) is 5.09. The van der Waals surface area contributed by atoms with Gasteiger partial charge in [-0.3, -0.25) is 0 Å². The second-order valence-corrected chi connectivity index (χ2v) is 3.92. The van der Waals surface area contributed by atoms with E-state index in [2.05, 4.69) is 0 Å². The lowest BCUT2D eigenvalue weighted by Gasteiger charge is -2.03. The van der Waals surface area contributed by atoms with Gasteiger partial charge >= 0.3 is 5.97 Å². The highest BCUT2D eigenvalue weighted by Gasteiger charge is 2.12. The normalized spacial score (nSPS) is 11.0. The lowest BCUT2D eigenvalue weighted by molar-refractivity contribution is -0.132. The van der Waals surface area contributed by atoms with Gasteiger partial charge in [0.25, 0.3) is 0 Å². The van der Waals surface area contributed by atoms with Crippen molar-refractivity contribution in [3.8, 4) is 6.07 Å². The summed E-state index contributed by atoms with van der Waals surface area (Å²) in [5, 5.41) is 17.8. The highest BCUT2D eigenvalue weighted by molar-refractivity contribution is 6.44. The van der Waals surface area contributed by atoms with Crippen LogP contribution in [0.25, 0.3) is 6.08 Å². The minimum absolute atomic E-state index is 0.114. The number of halogens is 3. The van der Waals surface area contributed by atoms with Gasteiger partial charge in [0.2, 0.25) is 0 Å². The molecule has 0 aromatic heterocycles. The molecule has 0 unspecified atom stereocenters. The lowest BCUT2D eigenvalue weighted by Crippen LogP contribution is -1.97. The second-order valence-electron chi connectivity index (χ2n) is 2.73. The van der Waals surface area contributed by atoms with Gasteiger partial charge in [0.15, 0.2) is 0 Å². The molecule has 0 atom stereocenters. The topological polar surface area (TPSA) is 61.1 Å². The number of rotatable bonds is 2. The van der Waals surface area contributed by atoms with Gasteiger partial charge in [-0.15, -0.1) is 0 Å². The van der Waals surface area contributed by atoms with Crippen molar-refractivity contribution in [3.63, 3.8) is 0 Å². The number of nitrogens with zero attached hydrogens (tertiary/aromatic N) is 1. The highest BCUT2D eigenvalue weighted by Crippen LogP contribution is 2.32. The number of carbonyl (C=O) groups is 1. The van der Waals surface area contributed by atoms with Gasteiger partial charge in [-0.05, 0) is 18.2 Å². The number of hydrogen-bond donors (Lipinski definition) is 1. The molecule has 16 heavy (non-hydrogen) atoms. The van der Waals surface area contributed by atoms with E-state index in [0.717, 1.165) is 6.08 Å². The molecule has 0 amide bonds. The summed E-state index contributed by atoms with van der Waals surface area (Å²) in [7, 11) is 0. The minimum Gasteiger partial charge on any atom is -0.477 e. The highest BCUT2D eigenvalue weighted by atomic mass is 35.5. The van der Waals surface area contributed by atoms with Gasteiger partial charge in [0.05, 0.1) is 10.0 Å². The average molecular weight is 277 g/mol. The van der Waals surface area contributed by atoms with Gasteiger partial charge in [-0.25, -0.2) is 4.79 Å². The molecule has 0 spiro atoms. The van der Waals surface area contributed by atoms with Crippen molar-refractivity contribution in [2.45, 2.75) is 0 Å². The van der Waals surface area contributed by atoms with Crippen molar-refractivity contribution >= 4 is 46.8 Å². The number of hydrogen-bond acceptors (Lipinski definition) is 2. The number of nitriles is 1. The van der Waals surface area contributed by atoms with Crippen molar-refractivity contribution in [3.05, 3.63) is 38.3 Å². The van der Waals surface area contributed by atoms with Crippen LogP contribution in [0.5, 0.6) is 0 Å². The summed E-state index contributed by atoms with van der Waals surface area (Å²) < 4.78 is 0. The summed E-state index contributed by atoms with van der Waals surface area (Å²) in [6, 6.07) is 4.48. The van der Waals surface area contributed by atoms with Crippen LogP contribution in [0.15, 0.2) is 17.7 Å². The van der Waals surface area contributed by atoms with Gasteiger partial charge in [-0.2, -0.15) is 5.26 Å². The summed E-state index contributed by atoms with van der Waals surface area (Å²) in [6.07, 6.45) is 1.08. The van der Waals surface area contributed by atoms with Gasteiger partial charge in [-0.1, -0.05) is 34.8 Å². The Morgan fingerprint density at radius 1 is 1.31 bits per heavy atom. The van der Waals surface area contributed by atoms with Crippen LogP contribution in [0.3, 0.4) is 0 Å². The van der Waals surface area contributed by atoms with Crippen molar-refractivity contribution in [2.24, 2.45) is 0 Å². The van der Waals surface area contributed by atoms with Crippen molar-refractivity contribution < 1.29 is 9.90 Å². The standard InChI is InChI=1S/C10H4Cl3NO2/c11-7-1-2-8(12)9(13)6(7)3-5(4-14)10(15)16/h1-3H,(H,15,16)/b5-3+. The Balaban J connectivity index is 3.41. The number of carboxylic acids is 1. The predicted octanol–water partition coefficient (Wildman–Crippen LogP) is 3.64. The van der Waals surface area contributed by atoms with Crippen LogP contribution in [0.4, 0.5) is 0 Å². The molecule has 0 radical (unpaired) electrons. The largest absolute Gasteiger partial charge is 0.477 e. The minimum atomic E-state index is -1.35. The molecule has 0 saturated heterocycles. The summed E-state index contributed by atoms with van der Waals surface area (Å²) in [4.78, 5) is 10.6. The molecular formula is C10H4Cl3NO2. The maximum Gasteiger partial charge on any atom is 0.346 e. The van der Waals surface area contributed by atoms with E-state index in [0.29, 0.717) is 0 Å². The second kappa shape index (κ2) is 5.22. The fourth-order valence-corrected chi connectivity index (χ4v) is 1.61. The fraction of sp³-hybridized carbons (Fsp3) is 0. The van der Waals surface area contributed by atoms with E-state index in [1.54, 1.807) is 0 Å². The molecule has 1 aromatic carbocycles. The Kier molecular flexibility index (Phi) is 4.19. The van der Waals surface area contributed by atoms with Crippen LogP contribution in [-0.2, 0) is 4.79 Å². The SMILES string of the molecule is N#C/C(=C\c1c(Cl)ccc(Cl)c1Cl)C(=O)O. The molecule has 0 saturated carbocycles. The quantitative estimate of drug-likeness (QED) is 0.509. The maximum absolute atomic E-state index is 10.6. The van der Waals surface area contributed by atoms with Crippen LogP contribution in [0, 0.1) is 11.3 Å². The third-order valence-corrected chi connectivity index (χ3v) is 2.87. The average Bonchev–Trinajstić information content (AvgIpc) is 2.23. The van der Waals surface area contributed by atoms with Crippen molar-refractivity contribution in [1.82, 2.24) is 0 Å². The first kappa shape index (κ1) is 12.9. The molecule has 1 rings (SSSR count). The van der Waals surface area contributed by atoms with Crippen molar-refractivity contribution in [1.29, 1.82) is 5.26 Å².